The summed E-state index contributed by atoms with van der Waals surface area (Å²) in [5, 5.41) is 12.5. The summed E-state index contributed by atoms with van der Waals surface area (Å²) in [5.74, 6) is -0.0764. The molecule has 3 aromatic heterocycles. The Morgan fingerprint density at radius 2 is 1.90 bits per heavy atom. The van der Waals surface area contributed by atoms with Crippen LogP contribution in [0.3, 0.4) is 0 Å². The molecule has 0 fully saturated rings. The van der Waals surface area contributed by atoms with Crippen molar-refractivity contribution in [3.63, 3.8) is 0 Å². The van der Waals surface area contributed by atoms with Crippen LogP contribution in [0.5, 0.6) is 0 Å². The average Bonchev–Trinajstić information content (AvgIpc) is 3.18. The molecule has 13 heteroatoms. The van der Waals surface area contributed by atoms with Crippen LogP contribution < -0.4 is 22.3 Å². The van der Waals surface area contributed by atoms with Crippen LogP contribution >= 0.6 is 11.6 Å². The first kappa shape index (κ1) is 25.6. The minimum atomic E-state index is -0.896. The minimum Gasteiger partial charge on any atom is -0.331 e. The maximum Gasteiger partial charge on any atom is 0.355 e. The number of aryl methyl sites for hydroxylation is 2. The Hall–Kier alpha value is -5.02. The zero-order chi connectivity index (χ0) is 27.8. The number of aromatic amines is 1. The van der Waals surface area contributed by atoms with Crippen LogP contribution in [0.25, 0.3) is 11.0 Å². The largest absolute Gasteiger partial charge is 0.355 e. The molecule has 0 spiro atoms. The molecule has 39 heavy (non-hydrogen) atoms. The van der Waals surface area contributed by atoms with E-state index in [-0.39, 0.29) is 35.2 Å². The van der Waals surface area contributed by atoms with E-state index in [4.69, 9.17) is 11.6 Å². The first-order chi connectivity index (χ1) is 18.7. The van der Waals surface area contributed by atoms with E-state index in [1.807, 2.05) is 18.5 Å². The number of aromatic nitrogens is 6. The van der Waals surface area contributed by atoms with Gasteiger partial charge in [-0.2, -0.15) is 10.2 Å². The number of halogens is 2. The molecular weight excluding hydrogens is 527 g/mol. The van der Waals surface area contributed by atoms with Crippen molar-refractivity contribution in [3.05, 3.63) is 113 Å². The maximum atomic E-state index is 13.9. The number of benzene rings is 2. The van der Waals surface area contributed by atoms with Gasteiger partial charge in [-0.05, 0) is 42.8 Å². The third kappa shape index (κ3) is 4.83. The normalized spacial score (nSPS) is 11.1. The van der Waals surface area contributed by atoms with Gasteiger partial charge in [0.1, 0.15) is 17.7 Å². The number of hydrogen-bond acceptors (Lipinski definition) is 7. The SMILES string of the molecule is Cc1nc2cc(Cl)c(Nc3nc(=O)n(Cc4ccc[nH]c4=O)c(=O)n3Cc3ccc(F)c(C#N)c3)cc2n1C. The van der Waals surface area contributed by atoms with Crippen molar-refractivity contribution in [1.29, 1.82) is 5.26 Å². The zero-order valence-electron chi connectivity index (χ0n) is 20.7. The lowest BCUT2D eigenvalue weighted by Crippen LogP contribution is -2.43. The Kier molecular flexibility index (Phi) is 6.59. The van der Waals surface area contributed by atoms with Gasteiger partial charge in [-0.25, -0.2) is 23.5 Å². The van der Waals surface area contributed by atoms with Crippen LogP contribution in [0, 0.1) is 24.1 Å². The number of fused-ring (bicyclic) bond motifs is 1. The molecule has 0 saturated carbocycles. The monoisotopic (exact) mass is 546 g/mol. The number of nitrogens with one attached hydrogen (secondary N) is 2. The number of pyridine rings is 1. The van der Waals surface area contributed by atoms with Crippen LogP contribution in [0.15, 0.2) is 63.0 Å². The Morgan fingerprint density at radius 1 is 1.10 bits per heavy atom. The maximum absolute atomic E-state index is 13.9. The van der Waals surface area contributed by atoms with Crippen molar-refractivity contribution >= 4 is 34.3 Å². The van der Waals surface area contributed by atoms with Gasteiger partial charge in [0, 0.05) is 18.8 Å². The van der Waals surface area contributed by atoms with Crippen molar-refractivity contribution in [2.24, 2.45) is 7.05 Å². The second-order valence-corrected chi connectivity index (χ2v) is 9.19. The molecule has 0 aliphatic rings. The second-order valence-electron chi connectivity index (χ2n) is 8.79. The molecular formula is C26H20ClFN8O3. The smallest absolute Gasteiger partial charge is 0.331 e. The standard InChI is InChI=1S/C26H20ClFN8O3/c1-14-31-21-9-18(27)20(10-22(21)34(14)2)32-24-33-25(38)36(13-16-4-3-7-30-23(16)37)26(39)35(24)12-15-5-6-19(28)17(8-15)11-29/h3-10H,12-13H2,1-2H3,(H,30,37)(H,32,33,38). The highest BCUT2D eigenvalue weighted by Gasteiger charge is 2.18. The van der Waals surface area contributed by atoms with Crippen molar-refractivity contribution < 1.29 is 4.39 Å². The van der Waals surface area contributed by atoms with Crippen molar-refractivity contribution in [2.45, 2.75) is 20.0 Å². The molecule has 3 heterocycles. The molecule has 0 radical (unpaired) electrons. The summed E-state index contributed by atoms with van der Waals surface area (Å²) in [6.45, 7) is 1.35. The van der Waals surface area contributed by atoms with Gasteiger partial charge in [0.25, 0.3) is 5.56 Å². The lowest BCUT2D eigenvalue weighted by Gasteiger charge is -2.16. The van der Waals surface area contributed by atoms with Gasteiger partial charge in [0.05, 0.1) is 40.4 Å². The van der Waals surface area contributed by atoms with Gasteiger partial charge in [-0.1, -0.05) is 23.7 Å². The predicted molar refractivity (Wildman–Crippen MR) is 143 cm³/mol. The molecule has 0 aliphatic carbocycles. The molecule has 2 N–H and O–H groups in total. The van der Waals surface area contributed by atoms with Gasteiger partial charge in [0.15, 0.2) is 0 Å². The quantitative estimate of drug-likeness (QED) is 0.333. The molecule has 0 bridgehead atoms. The van der Waals surface area contributed by atoms with Crippen LogP contribution in [-0.4, -0.2) is 28.7 Å². The lowest BCUT2D eigenvalue weighted by molar-refractivity contribution is 0.585. The molecule has 0 unspecified atom stereocenters. The number of nitrogens with zero attached hydrogens (tertiary/aromatic N) is 6. The fourth-order valence-corrected chi connectivity index (χ4v) is 4.35. The van der Waals surface area contributed by atoms with Gasteiger partial charge < -0.3 is 14.9 Å². The average molecular weight is 547 g/mol. The number of nitriles is 1. The lowest BCUT2D eigenvalue weighted by atomic mass is 10.1. The van der Waals surface area contributed by atoms with E-state index in [0.29, 0.717) is 16.8 Å². The second kappa shape index (κ2) is 10.0. The van der Waals surface area contributed by atoms with E-state index >= 15 is 0 Å². The Labute approximate surface area is 224 Å². The predicted octanol–water partition coefficient (Wildman–Crippen LogP) is 2.79. The first-order valence-corrected chi connectivity index (χ1v) is 12.0. The van der Waals surface area contributed by atoms with Crippen LogP contribution in [0.2, 0.25) is 5.02 Å². The Balaban J connectivity index is 1.66. The topological polar surface area (TPSA) is 143 Å². The van der Waals surface area contributed by atoms with Crippen LogP contribution in [-0.2, 0) is 20.1 Å². The van der Waals surface area contributed by atoms with E-state index in [1.54, 1.807) is 24.3 Å². The first-order valence-electron chi connectivity index (χ1n) is 11.6. The van der Waals surface area contributed by atoms with Crippen LogP contribution in [0.1, 0.15) is 22.5 Å². The number of H-pyrrole nitrogens is 1. The zero-order valence-corrected chi connectivity index (χ0v) is 21.5. The summed E-state index contributed by atoms with van der Waals surface area (Å²) in [6, 6.07) is 12.0. The van der Waals surface area contributed by atoms with E-state index in [9.17, 15) is 24.0 Å². The molecule has 0 atom stereocenters. The summed E-state index contributed by atoms with van der Waals surface area (Å²) in [4.78, 5) is 49.9. The molecule has 196 valence electrons. The molecule has 0 amide bonds. The molecule has 5 rings (SSSR count). The molecule has 11 nitrogen and oxygen atoms in total. The van der Waals surface area contributed by atoms with Gasteiger partial charge >= 0.3 is 11.4 Å². The molecule has 2 aromatic carbocycles. The van der Waals surface area contributed by atoms with Crippen molar-refractivity contribution in [1.82, 2.24) is 28.7 Å². The fourth-order valence-electron chi connectivity index (χ4n) is 4.14. The highest BCUT2D eigenvalue weighted by molar-refractivity contribution is 6.34. The highest BCUT2D eigenvalue weighted by atomic mass is 35.5. The summed E-state index contributed by atoms with van der Waals surface area (Å²) >= 11 is 6.49. The fraction of sp³-hybridized carbons (Fsp3) is 0.154. The summed E-state index contributed by atoms with van der Waals surface area (Å²) < 4.78 is 17.8. The Morgan fingerprint density at radius 3 is 2.64 bits per heavy atom. The van der Waals surface area contributed by atoms with E-state index in [0.717, 1.165) is 26.5 Å². The number of hydrogen-bond donors (Lipinski definition) is 2. The minimum absolute atomic E-state index is 0.133. The van der Waals surface area contributed by atoms with Crippen LogP contribution in [0.4, 0.5) is 16.0 Å². The highest BCUT2D eigenvalue weighted by Crippen LogP contribution is 2.30. The third-order valence-corrected chi connectivity index (χ3v) is 6.62. The Bertz CT molecular complexity index is 1980. The number of anilines is 2. The molecule has 0 saturated heterocycles. The molecule has 0 aliphatic heterocycles. The van der Waals surface area contributed by atoms with E-state index in [1.165, 1.54) is 24.4 Å². The van der Waals surface area contributed by atoms with Gasteiger partial charge in [0.2, 0.25) is 5.95 Å². The van der Waals surface area contributed by atoms with Crippen molar-refractivity contribution in [3.8, 4) is 6.07 Å². The van der Waals surface area contributed by atoms with E-state index in [2.05, 4.69) is 20.3 Å². The van der Waals surface area contributed by atoms with Crippen molar-refractivity contribution in [2.75, 3.05) is 5.32 Å². The summed E-state index contributed by atoms with van der Waals surface area (Å²) in [5.41, 5.74) is 0.0297. The third-order valence-electron chi connectivity index (χ3n) is 6.31. The molecule has 5 aromatic rings. The van der Waals surface area contributed by atoms with Gasteiger partial charge in [-0.3, -0.25) is 9.36 Å². The summed E-state index contributed by atoms with van der Waals surface area (Å²) in [6.07, 6.45) is 1.43. The number of rotatable bonds is 6. The van der Waals surface area contributed by atoms with E-state index < -0.39 is 22.8 Å². The number of imidazole rings is 1. The van der Waals surface area contributed by atoms with Gasteiger partial charge in [-0.15, -0.1) is 0 Å². The summed E-state index contributed by atoms with van der Waals surface area (Å²) in [7, 11) is 1.84.